The third-order valence-electron chi connectivity index (χ3n) is 1.74. The van der Waals surface area contributed by atoms with E-state index in [-0.39, 0.29) is 11.9 Å². The number of hydrogen-bond acceptors (Lipinski definition) is 5. The number of nitriles is 1. The SMILES string of the molecule is N#Cc1csc(C(=O)Nc2ncccn2)c1. The fourth-order valence-electron chi connectivity index (χ4n) is 1.04. The Balaban J connectivity index is 2.12. The second-order valence-electron chi connectivity index (χ2n) is 2.84. The lowest BCUT2D eigenvalue weighted by Gasteiger charge is -1.99. The van der Waals surface area contributed by atoms with Crippen molar-refractivity contribution in [2.45, 2.75) is 0 Å². The highest BCUT2D eigenvalue weighted by molar-refractivity contribution is 7.12. The lowest BCUT2D eigenvalue weighted by Crippen LogP contribution is -2.12. The van der Waals surface area contributed by atoms with Crippen LogP contribution in [-0.2, 0) is 0 Å². The number of aromatic nitrogens is 2. The third kappa shape index (κ3) is 2.21. The molecule has 5 nitrogen and oxygen atoms in total. The van der Waals surface area contributed by atoms with Gasteiger partial charge in [0.25, 0.3) is 5.91 Å². The first-order valence-corrected chi connectivity index (χ1v) is 5.24. The molecule has 0 unspecified atom stereocenters. The monoisotopic (exact) mass is 230 g/mol. The Morgan fingerprint density at radius 1 is 1.44 bits per heavy atom. The molecule has 0 aliphatic rings. The van der Waals surface area contributed by atoms with E-state index in [0.717, 1.165) is 0 Å². The summed E-state index contributed by atoms with van der Waals surface area (Å²) in [4.78, 5) is 19.9. The van der Waals surface area contributed by atoms with Crippen molar-refractivity contribution in [3.05, 3.63) is 40.3 Å². The maximum absolute atomic E-state index is 11.7. The van der Waals surface area contributed by atoms with Gasteiger partial charge in [0.2, 0.25) is 5.95 Å². The number of thiophene rings is 1. The summed E-state index contributed by atoms with van der Waals surface area (Å²) in [6, 6.07) is 5.16. The van der Waals surface area contributed by atoms with Gasteiger partial charge in [0.05, 0.1) is 10.4 Å². The number of amides is 1. The molecule has 2 aromatic heterocycles. The van der Waals surface area contributed by atoms with Gasteiger partial charge < -0.3 is 0 Å². The molecule has 2 rings (SSSR count). The van der Waals surface area contributed by atoms with Crippen LogP contribution >= 0.6 is 11.3 Å². The molecule has 0 fully saturated rings. The van der Waals surface area contributed by atoms with Crippen LogP contribution < -0.4 is 5.32 Å². The largest absolute Gasteiger partial charge is 0.290 e. The summed E-state index contributed by atoms with van der Waals surface area (Å²) in [5.41, 5.74) is 0.476. The van der Waals surface area contributed by atoms with Crippen LogP contribution in [0.1, 0.15) is 15.2 Å². The molecule has 0 aliphatic carbocycles. The minimum absolute atomic E-state index is 0.249. The van der Waals surface area contributed by atoms with Crippen molar-refractivity contribution in [3.8, 4) is 6.07 Å². The van der Waals surface area contributed by atoms with Crippen LogP contribution in [0.4, 0.5) is 5.95 Å². The van der Waals surface area contributed by atoms with Gasteiger partial charge in [-0.1, -0.05) is 0 Å². The molecule has 1 N–H and O–H groups in total. The zero-order valence-corrected chi connectivity index (χ0v) is 8.86. The number of nitrogens with one attached hydrogen (secondary N) is 1. The summed E-state index contributed by atoms with van der Waals surface area (Å²) in [5, 5.41) is 12.8. The van der Waals surface area contributed by atoms with Crippen LogP contribution in [-0.4, -0.2) is 15.9 Å². The topological polar surface area (TPSA) is 78.7 Å². The van der Waals surface area contributed by atoms with Crippen LogP contribution in [0.3, 0.4) is 0 Å². The normalized spacial score (nSPS) is 9.44. The number of hydrogen-bond donors (Lipinski definition) is 1. The first-order valence-electron chi connectivity index (χ1n) is 4.36. The number of rotatable bonds is 2. The number of nitrogens with zero attached hydrogens (tertiary/aromatic N) is 3. The molecule has 0 spiro atoms. The van der Waals surface area contributed by atoms with Crippen molar-refractivity contribution in [3.63, 3.8) is 0 Å². The Bertz CT molecular complexity index is 543. The average Bonchev–Trinajstić information content (AvgIpc) is 2.79. The van der Waals surface area contributed by atoms with E-state index in [9.17, 15) is 4.79 Å². The minimum atomic E-state index is -0.308. The molecule has 2 aromatic rings. The van der Waals surface area contributed by atoms with Gasteiger partial charge in [-0.15, -0.1) is 11.3 Å². The van der Waals surface area contributed by atoms with Crippen molar-refractivity contribution < 1.29 is 4.79 Å². The van der Waals surface area contributed by atoms with Crippen LogP contribution in [0, 0.1) is 11.3 Å². The van der Waals surface area contributed by atoms with E-state index in [1.165, 1.54) is 29.8 Å². The summed E-state index contributed by atoms with van der Waals surface area (Å²) in [7, 11) is 0. The maximum atomic E-state index is 11.7. The van der Waals surface area contributed by atoms with Crippen molar-refractivity contribution >= 4 is 23.2 Å². The summed E-state index contributed by atoms with van der Waals surface area (Å²) in [5.74, 6) is -0.0582. The van der Waals surface area contributed by atoms with Crippen LogP contribution in [0.5, 0.6) is 0 Å². The quantitative estimate of drug-likeness (QED) is 0.850. The molecule has 0 aromatic carbocycles. The standard InChI is InChI=1S/C10H6N4OS/c11-5-7-4-8(16-6-7)9(15)14-10-12-2-1-3-13-10/h1-4,6H,(H,12,13,14,15). The van der Waals surface area contributed by atoms with E-state index in [0.29, 0.717) is 10.4 Å². The van der Waals surface area contributed by atoms with Gasteiger partial charge in [-0.25, -0.2) is 9.97 Å². The predicted octanol–water partition coefficient (Wildman–Crippen LogP) is 1.66. The van der Waals surface area contributed by atoms with Gasteiger partial charge in [-0.3, -0.25) is 10.1 Å². The fraction of sp³-hybridized carbons (Fsp3) is 0. The molecule has 0 radical (unpaired) electrons. The molecule has 0 atom stereocenters. The summed E-state index contributed by atoms with van der Waals surface area (Å²) < 4.78 is 0. The molecule has 78 valence electrons. The van der Waals surface area contributed by atoms with E-state index in [1.807, 2.05) is 6.07 Å². The van der Waals surface area contributed by atoms with Crippen molar-refractivity contribution in [1.29, 1.82) is 5.26 Å². The molecule has 6 heteroatoms. The van der Waals surface area contributed by atoms with E-state index in [1.54, 1.807) is 11.4 Å². The summed E-state index contributed by atoms with van der Waals surface area (Å²) in [6.07, 6.45) is 3.08. The van der Waals surface area contributed by atoms with E-state index >= 15 is 0 Å². The van der Waals surface area contributed by atoms with E-state index in [2.05, 4.69) is 15.3 Å². The highest BCUT2D eigenvalue weighted by atomic mass is 32.1. The molecule has 0 saturated heterocycles. The van der Waals surface area contributed by atoms with Crippen LogP contribution in [0.25, 0.3) is 0 Å². The van der Waals surface area contributed by atoms with Gasteiger partial charge >= 0.3 is 0 Å². The number of anilines is 1. The zero-order valence-electron chi connectivity index (χ0n) is 8.04. The van der Waals surface area contributed by atoms with Gasteiger partial charge in [0, 0.05) is 17.8 Å². The molecule has 0 aliphatic heterocycles. The molecule has 2 heterocycles. The fourth-order valence-corrected chi connectivity index (χ4v) is 1.77. The van der Waals surface area contributed by atoms with Crippen LogP contribution in [0.15, 0.2) is 29.9 Å². The van der Waals surface area contributed by atoms with E-state index < -0.39 is 0 Å². The lowest BCUT2D eigenvalue weighted by molar-refractivity contribution is 0.102. The van der Waals surface area contributed by atoms with Gasteiger partial charge in [-0.05, 0) is 12.1 Å². The number of carbonyl (C=O) groups is 1. The molecule has 0 bridgehead atoms. The zero-order chi connectivity index (χ0) is 11.4. The van der Waals surface area contributed by atoms with Crippen molar-refractivity contribution in [2.24, 2.45) is 0 Å². The maximum Gasteiger partial charge on any atom is 0.268 e. The van der Waals surface area contributed by atoms with E-state index in [4.69, 9.17) is 5.26 Å². The Morgan fingerprint density at radius 2 is 2.19 bits per heavy atom. The Labute approximate surface area is 95.4 Å². The average molecular weight is 230 g/mol. The van der Waals surface area contributed by atoms with Gasteiger partial charge in [-0.2, -0.15) is 5.26 Å². The van der Waals surface area contributed by atoms with Gasteiger partial charge in [0.15, 0.2) is 0 Å². The van der Waals surface area contributed by atoms with Crippen molar-refractivity contribution in [1.82, 2.24) is 9.97 Å². The lowest BCUT2D eigenvalue weighted by atomic mass is 10.3. The molecule has 0 saturated carbocycles. The molecular formula is C10H6N4OS. The predicted molar refractivity (Wildman–Crippen MR) is 59.0 cm³/mol. The molecular weight excluding hydrogens is 224 g/mol. The minimum Gasteiger partial charge on any atom is -0.290 e. The smallest absolute Gasteiger partial charge is 0.268 e. The second-order valence-corrected chi connectivity index (χ2v) is 3.75. The Morgan fingerprint density at radius 3 is 2.81 bits per heavy atom. The first-order chi connectivity index (χ1) is 7.79. The van der Waals surface area contributed by atoms with Crippen LogP contribution in [0.2, 0.25) is 0 Å². The highest BCUT2D eigenvalue weighted by Gasteiger charge is 2.10. The van der Waals surface area contributed by atoms with Crippen molar-refractivity contribution in [2.75, 3.05) is 5.32 Å². The second kappa shape index (κ2) is 4.51. The Hall–Kier alpha value is -2.26. The summed E-state index contributed by atoms with van der Waals surface area (Å²) >= 11 is 1.21. The third-order valence-corrected chi connectivity index (χ3v) is 2.67. The highest BCUT2D eigenvalue weighted by Crippen LogP contribution is 2.14. The number of carbonyl (C=O) groups excluding carboxylic acids is 1. The first kappa shape index (κ1) is 10.3. The molecule has 16 heavy (non-hydrogen) atoms. The Kier molecular flexibility index (Phi) is 2.89. The van der Waals surface area contributed by atoms with Gasteiger partial charge in [0.1, 0.15) is 6.07 Å². The summed E-state index contributed by atoms with van der Waals surface area (Å²) in [6.45, 7) is 0. The molecule has 1 amide bonds.